The SMILES string of the molecule is CC(=O)N(c1c(-c2ccccc2)nc2ccccn12)C1CCCCC1. The van der Waals surface area contributed by atoms with Gasteiger partial charge in [-0.25, -0.2) is 4.98 Å². The Hall–Kier alpha value is -2.62. The van der Waals surface area contributed by atoms with Crippen molar-refractivity contribution >= 4 is 17.4 Å². The van der Waals surface area contributed by atoms with Gasteiger partial charge in [0.1, 0.15) is 17.2 Å². The highest BCUT2D eigenvalue weighted by molar-refractivity contribution is 5.96. The van der Waals surface area contributed by atoms with Crippen LogP contribution in [0.4, 0.5) is 5.82 Å². The summed E-state index contributed by atoms with van der Waals surface area (Å²) in [5.74, 6) is 0.996. The Morgan fingerprint density at radius 3 is 2.48 bits per heavy atom. The standard InChI is InChI=1S/C21H23N3O/c1-16(25)24(18-12-6-3-7-13-18)21-20(17-10-4-2-5-11-17)22-19-14-8-9-15-23(19)21/h2,4-5,8-11,14-15,18H,3,6-7,12-13H2,1H3. The van der Waals surface area contributed by atoms with Crippen molar-refractivity contribution in [3.8, 4) is 11.3 Å². The van der Waals surface area contributed by atoms with Gasteiger partial charge in [0.25, 0.3) is 0 Å². The van der Waals surface area contributed by atoms with Crippen LogP contribution in [0.5, 0.6) is 0 Å². The quantitative estimate of drug-likeness (QED) is 0.697. The molecular weight excluding hydrogens is 310 g/mol. The fraction of sp³-hybridized carbons (Fsp3) is 0.333. The highest BCUT2D eigenvalue weighted by Crippen LogP contribution is 2.35. The van der Waals surface area contributed by atoms with E-state index in [0.717, 1.165) is 35.6 Å². The van der Waals surface area contributed by atoms with E-state index >= 15 is 0 Å². The number of aromatic nitrogens is 2. The highest BCUT2D eigenvalue weighted by atomic mass is 16.2. The molecule has 0 saturated heterocycles. The minimum absolute atomic E-state index is 0.0923. The van der Waals surface area contributed by atoms with Gasteiger partial charge < -0.3 is 0 Å². The van der Waals surface area contributed by atoms with Gasteiger partial charge in [-0.15, -0.1) is 0 Å². The van der Waals surface area contributed by atoms with E-state index in [4.69, 9.17) is 4.98 Å². The van der Waals surface area contributed by atoms with Crippen molar-refractivity contribution in [2.45, 2.75) is 45.1 Å². The Morgan fingerprint density at radius 1 is 1.04 bits per heavy atom. The van der Waals surface area contributed by atoms with E-state index in [0.29, 0.717) is 0 Å². The smallest absolute Gasteiger partial charge is 0.225 e. The van der Waals surface area contributed by atoms with Crippen molar-refractivity contribution in [1.82, 2.24) is 9.38 Å². The van der Waals surface area contributed by atoms with E-state index < -0.39 is 0 Å². The monoisotopic (exact) mass is 333 g/mol. The largest absolute Gasteiger partial charge is 0.293 e. The molecule has 1 amide bonds. The van der Waals surface area contributed by atoms with Crippen molar-refractivity contribution in [1.29, 1.82) is 0 Å². The zero-order chi connectivity index (χ0) is 17.2. The molecule has 2 aromatic heterocycles. The second-order valence-corrected chi connectivity index (χ2v) is 6.76. The number of hydrogen-bond donors (Lipinski definition) is 0. The third-order valence-corrected chi connectivity index (χ3v) is 5.06. The Balaban J connectivity index is 1.93. The van der Waals surface area contributed by atoms with Crippen LogP contribution in [0, 0.1) is 0 Å². The van der Waals surface area contributed by atoms with E-state index in [1.807, 2.05) is 47.5 Å². The van der Waals surface area contributed by atoms with Crippen molar-refractivity contribution in [3.05, 3.63) is 54.7 Å². The van der Waals surface area contributed by atoms with Crippen LogP contribution in [0.2, 0.25) is 0 Å². The predicted molar refractivity (Wildman–Crippen MR) is 101 cm³/mol. The fourth-order valence-corrected chi connectivity index (χ4v) is 3.92. The van der Waals surface area contributed by atoms with Gasteiger partial charge >= 0.3 is 0 Å². The summed E-state index contributed by atoms with van der Waals surface area (Å²) >= 11 is 0. The molecule has 0 spiro atoms. The number of carbonyl (C=O) groups is 1. The summed E-state index contributed by atoms with van der Waals surface area (Å²) in [6.07, 6.45) is 7.77. The number of carbonyl (C=O) groups excluding carboxylic acids is 1. The highest BCUT2D eigenvalue weighted by Gasteiger charge is 2.30. The molecule has 1 aromatic carbocycles. The van der Waals surface area contributed by atoms with E-state index in [-0.39, 0.29) is 11.9 Å². The van der Waals surface area contributed by atoms with Crippen molar-refractivity contribution in [2.24, 2.45) is 0 Å². The van der Waals surface area contributed by atoms with Crippen LogP contribution in [0.15, 0.2) is 54.7 Å². The Kier molecular flexibility index (Phi) is 4.26. The molecule has 4 rings (SSSR count). The van der Waals surface area contributed by atoms with E-state index in [1.54, 1.807) is 6.92 Å². The van der Waals surface area contributed by atoms with Crippen LogP contribution in [0.25, 0.3) is 16.9 Å². The van der Waals surface area contributed by atoms with Crippen LogP contribution in [0.3, 0.4) is 0 Å². The number of amides is 1. The molecule has 25 heavy (non-hydrogen) atoms. The lowest BCUT2D eigenvalue weighted by atomic mass is 9.94. The van der Waals surface area contributed by atoms with Gasteiger partial charge in [-0.2, -0.15) is 0 Å². The van der Waals surface area contributed by atoms with Crippen LogP contribution in [-0.4, -0.2) is 21.3 Å². The number of pyridine rings is 1. The molecule has 3 aromatic rings. The molecule has 1 saturated carbocycles. The summed E-state index contributed by atoms with van der Waals surface area (Å²) in [7, 11) is 0. The van der Waals surface area contributed by atoms with Crippen molar-refractivity contribution in [2.75, 3.05) is 4.90 Å². The predicted octanol–water partition coefficient (Wildman–Crippen LogP) is 4.69. The third-order valence-electron chi connectivity index (χ3n) is 5.06. The molecule has 0 aliphatic heterocycles. The number of hydrogen-bond acceptors (Lipinski definition) is 2. The minimum atomic E-state index is 0.0923. The maximum atomic E-state index is 12.7. The van der Waals surface area contributed by atoms with Gasteiger partial charge in [0.2, 0.25) is 5.91 Å². The lowest BCUT2D eigenvalue weighted by molar-refractivity contribution is -0.117. The van der Waals surface area contributed by atoms with Gasteiger partial charge in [0.05, 0.1) is 0 Å². The normalized spacial score (nSPS) is 15.4. The Bertz CT molecular complexity index is 879. The van der Waals surface area contributed by atoms with Crippen LogP contribution < -0.4 is 4.90 Å². The third kappa shape index (κ3) is 2.93. The van der Waals surface area contributed by atoms with E-state index in [1.165, 1.54) is 19.3 Å². The van der Waals surface area contributed by atoms with Gasteiger partial charge in [0, 0.05) is 24.7 Å². The zero-order valence-corrected chi connectivity index (χ0v) is 14.6. The van der Waals surface area contributed by atoms with Gasteiger partial charge in [-0.3, -0.25) is 14.1 Å². The summed E-state index contributed by atoms with van der Waals surface area (Å²) in [6, 6.07) is 16.4. The number of benzene rings is 1. The molecule has 0 atom stereocenters. The first-order valence-electron chi connectivity index (χ1n) is 9.08. The van der Waals surface area contributed by atoms with Gasteiger partial charge in [-0.1, -0.05) is 55.7 Å². The maximum Gasteiger partial charge on any atom is 0.225 e. The lowest BCUT2D eigenvalue weighted by Crippen LogP contribution is -2.41. The second-order valence-electron chi connectivity index (χ2n) is 6.76. The van der Waals surface area contributed by atoms with Gasteiger partial charge in [-0.05, 0) is 25.0 Å². The number of fused-ring (bicyclic) bond motifs is 1. The Labute approximate surface area is 148 Å². The summed E-state index contributed by atoms with van der Waals surface area (Å²) < 4.78 is 2.05. The first kappa shape index (κ1) is 15.9. The maximum absolute atomic E-state index is 12.7. The Morgan fingerprint density at radius 2 is 1.76 bits per heavy atom. The zero-order valence-electron chi connectivity index (χ0n) is 14.6. The molecule has 0 unspecified atom stereocenters. The summed E-state index contributed by atoms with van der Waals surface area (Å²) in [6.45, 7) is 1.67. The van der Waals surface area contributed by atoms with E-state index in [2.05, 4.69) is 16.5 Å². The average molecular weight is 333 g/mol. The molecule has 1 aliphatic rings. The van der Waals surface area contributed by atoms with Gasteiger partial charge in [0.15, 0.2) is 0 Å². The van der Waals surface area contributed by atoms with Crippen LogP contribution >= 0.6 is 0 Å². The topological polar surface area (TPSA) is 37.6 Å². The van der Waals surface area contributed by atoms with Crippen LogP contribution in [-0.2, 0) is 4.79 Å². The fourth-order valence-electron chi connectivity index (χ4n) is 3.92. The molecule has 0 radical (unpaired) electrons. The first-order chi connectivity index (χ1) is 12.3. The first-order valence-corrected chi connectivity index (χ1v) is 9.08. The molecule has 1 fully saturated rings. The summed E-state index contributed by atoms with van der Waals surface area (Å²) in [5.41, 5.74) is 2.80. The summed E-state index contributed by atoms with van der Waals surface area (Å²) in [5, 5.41) is 0. The number of imidazole rings is 1. The molecule has 0 N–H and O–H groups in total. The number of anilines is 1. The molecule has 128 valence electrons. The average Bonchev–Trinajstić information content (AvgIpc) is 3.03. The molecule has 4 heteroatoms. The molecule has 2 heterocycles. The lowest BCUT2D eigenvalue weighted by Gasteiger charge is -2.33. The van der Waals surface area contributed by atoms with Crippen molar-refractivity contribution < 1.29 is 4.79 Å². The van der Waals surface area contributed by atoms with E-state index in [9.17, 15) is 4.79 Å². The van der Waals surface area contributed by atoms with Crippen molar-refractivity contribution in [3.63, 3.8) is 0 Å². The minimum Gasteiger partial charge on any atom is -0.293 e. The number of nitrogens with zero attached hydrogens (tertiary/aromatic N) is 3. The molecule has 1 aliphatic carbocycles. The molecule has 0 bridgehead atoms. The number of rotatable bonds is 3. The second kappa shape index (κ2) is 6.71. The summed E-state index contributed by atoms with van der Waals surface area (Å²) in [4.78, 5) is 19.5. The van der Waals surface area contributed by atoms with Crippen LogP contribution in [0.1, 0.15) is 39.0 Å². The molecule has 4 nitrogen and oxygen atoms in total. The molecular formula is C21H23N3O.